The smallest absolute Gasteiger partial charge is 0.292 e. The van der Waals surface area contributed by atoms with Crippen LogP contribution in [0.15, 0.2) is 59.1 Å². The highest BCUT2D eigenvalue weighted by Crippen LogP contribution is 2.26. The molecule has 3 aromatic rings. The number of pyridine rings is 1. The Hall–Kier alpha value is -3.48. The molecule has 0 radical (unpaired) electrons. The summed E-state index contributed by atoms with van der Waals surface area (Å²) in [5.74, 6) is 0.493. The Bertz CT molecular complexity index is 917. The van der Waals surface area contributed by atoms with Gasteiger partial charge in [0.15, 0.2) is 5.76 Å². The van der Waals surface area contributed by atoms with Crippen molar-refractivity contribution >= 4 is 17.4 Å². The number of hydrogen-bond acceptors (Lipinski definition) is 5. The molecule has 1 amide bonds. The van der Waals surface area contributed by atoms with E-state index >= 15 is 0 Å². The molecule has 0 saturated carbocycles. The Balaban J connectivity index is 1.83. The number of carbonyl (C=O) groups is 1. The predicted molar refractivity (Wildman–Crippen MR) is 87.7 cm³/mol. The molecule has 0 aliphatic rings. The second-order valence-corrected chi connectivity index (χ2v) is 5.09. The predicted octanol–water partition coefficient (Wildman–Crippen LogP) is 3.81. The van der Waals surface area contributed by atoms with E-state index in [-0.39, 0.29) is 11.4 Å². The minimum atomic E-state index is -0.482. The molecule has 0 aliphatic heterocycles. The highest BCUT2D eigenvalue weighted by atomic mass is 16.6. The molecule has 7 nitrogen and oxygen atoms in total. The zero-order valence-corrected chi connectivity index (χ0v) is 12.7. The van der Waals surface area contributed by atoms with Gasteiger partial charge in [-0.15, -0.1) is 0 Å². The minimum absolute atomic E-state index is 0.0426. The fourth-order valence-electron chi connectivity index (χ4n) is 2.17. The summed E-state index contributed by atoms with van der Waals surface area (Å²) in [6.45, 7) is 1.83. The van der Waals surface area contributed by atoms with Gasteiger partial charge >= 0.3 is 0 Å². The van der Waals surface area contributed by atoms with E-state index in [9.17, 15) is 14.9 Å². The summed E-state index contributed by atoms with van der Waals surface area (Å²) in [4.78, 5) is 26.7. The van der Waals surface area contributed by atoms with Crippen molar-refractivity contribution in [1.82, 2.24) is 4.98 Å². The molecule has 3 rings (SSSR count). The van der Waals surface area contributed by atoms with Crippen LogP contribution in [-0.2, 0) is 0 Å². The third-order valence-electron chi connectivity index (χ3n) is 3.41. The summed E-state index contributed by atoms with van der Waals surface area (Å²) in [6, 6.07) is 12.7. The van der Waals surface area contributed by atoms with E-state index in [4.69, 9.17) is 4.42 Å². The SMILES string of the molecule is Cc1cccnc1NC(=O)c1ccc(-c2cccc([N+](=O)[O-])c2)o1. The van der Waals surface area contributed by atoms with Gasteiger partial charge in [0, 0.05) is 23.9 Å². The van der Waals surface area contributed by atoms with E-state index in [0.29, 0.717) is 17.1 Å². The number of nitro benzene ring substituents is 1. The average Bonchev–Trinajstić information content (AvgIpc) is 3.07. The molecule has 2 aromatic heterocycles. The maximum atomic E-state index is 12.2. The number of carbonyl (C=O) groups excluding carboxylic acids is 1. The number of nitro groups is 1. The maximum absolute atomic E-state index is 12.2. The molecular formula is C17H13N3O4. The number of aryl methyl sites for hydroxylation is 1. The van der Waals surface area contributed by atoms with Crippen LogP contribution in [-0.4, -0.2) is 15.8 Å². The maximum Gasteiger partial charge on any atom is 0.292 e. The second kappa shape index (κ2) is 6.33. The zero-order valence-electron chi connectivity index (χ0n) is 12.7. The first-order chi connectivity index (χ1) is 11.5. The topological polar surface area (TPSA) is 98.3 Å². The Morgan fingerprint density at radius 1 is 1.21 bits per heavy atom. The van der Waals surface area contributed by atoms with Crippen LogP contribution in [0.25, 0.3) is 11.3 Å². The summed E-state index contributed by atoms with van der Waals surface area (Å²) >= 11 is 0. The van der Waals surface area contributed by atoms with Crippen molar-refractivity contribution in [3.05, 3.63) is 76.2 Å². The quantitative estimate of drug-likeness (QED) is 0.581. The lowest BCUT2D eigenvalue weighted by Crippen LogP contribution is -2.12. The van der Waals surface area contributed by atoms with Crippen molar-refractivity contribution in [1.29, 1.82) is 0 Å². The molecule has 7 heteroatoms. The van der Waals surface area contributed by atoms with E-state index in [1.165, 1.54) is 18.2 Å². The first-order valence-electron chi connectivity index (χ1n) is 7.12. The molecule has 120 valence electrons. The number of nitrogens with zero attached hydrogens (tertiary/aromatic N) is 2. The van der Waals surface area contributed by atoms with Crippen molar-refractivity contribution in [2.75, 3.05) is 5.32 Å². The first kappa shape index (κ1) is 15.4. The Labute approximate surface area is 137 Å². The summed E-state index contributed by atoms with van der Waals surface area (Å²) in [6.07, 6.45) is 1.58. The lowest BCUT2D eigenvalue weighted by molar-refractivity contribution is -0.384. The summed E-state index contributed by atoms with van der Waals surface area (Å²) in [5, 5.41) is 13.5. The molecule has 0 spiro atoms. The average molecular weight is 323 g/mol. The molecule has 0 aliphatic carbocycles. The van der Waals surface area contributed by atoms with Crippen molar-refractivity contribution < 1.29 is 14.1 Å². The fraction of sp³-hybridized carbons (Fsp3) is 0.0588. The Morgan fingerprint density at radius 3 is 2.79 bits per heavy atom. The third-order valence-corrected chi connectivity index (χ3v) is 3.41. The van der Waals surface area contributed by atoms with Crippen molar-refractivity contribution in [3.63, 3.8) is 0 Å². The summed E-state index contributed by atoms with van der Waals surface area (Å²) in [7, 11) is 0. The van der Waals surface area contributed by atoms with Gasteiger partial charge in [-0.05, 0) is 30.7 Å². The number of non-ortho nitro benzene ring substituents is 1. The number of aromatic nitrogens is 1. The van der Waals surface area contributed by atoms with Crippen LogP contribution >= 0.6 is 0 Å². The normalized spacial score (nSPS) is 10.4. The van der Waals surface area contributed by atoms with Gasteiger partial charge in [0.05, 0.1) is 4.92 Å². The van der Waals surface area contributed by atoms with Crippen LogP contribution in [0.4, 0.5) is 11.5 Å². The van der Waals surface area contributed by atoms with Gasteiger partial charge in [0.25, 0.3) is 11.6 Å². The van der Waals surface area contributed by atoms with Gasteiger partial charge in [-0.25, -0.2) is 4.98 Å². The van der Waals surface area contributed by atoms with E-state index in [2.05, 4.69) is 10.3 Å². The first-order valence-corrected chi connectivity index (χ1v) is 7.12. The highest BCUT2D eigenvalue weighted by molar-refractivity contribution is 6.02. The van der Waals surface area contributed by atoms with Crippen LogP contribution in [0.5, 0.6) is 0 Å². The van der Waals surface area contributed by atoms with Crippen LogP contribution in [0.1, 0.15) is 16.1 Å². The van der Waals surface area contributed by atoms with Crippen LogP contribution in [0, 0.1) is 17.0 Å². The van der Waals surface area contributed by atoms with E-state index < -0.39 is 10.8 Å². The van der Waals surface area contributed by atoms with Crippen LogP contribution in [0.3, 0.4) is 0 Å². The molecule has 0 saturated heterocycles. The summed E-state index contributed by atoms with van der Waals surface area (Å²) in [5.41, 5.74) is 1.31. The lowest BCUT2D eigenvalue weighted by Gasteiger charge is -2.04. The van der Waals surface area contributed by atoms with Gasteiger partial charge in [-0.2, -0.15) is 0 Å². The number of hydrogen-bond donors (Lipinski definition) is 1. The Kier molecular flexibility index (Phi) is 4.07. The molecule has 0 bridgehead atoms. The monoisotopic (exact) mass is 323 g/mol. The number of benzene rings is 1. The van der Waals surface area contributed by atoms with Gasteiger partial charge < -0.3 is 9.73 Å². The third kappa shape index (κ3) is 3.14. The molecule has 24 heavy (non-hydrogen) atoms. The van der Waals surface area contributed by atoms with Crippen molar-refractivity contribution in [2.24, 2.45) is 0 Å². The largest absolute Gasteiger partial charge is 0.451 e. The van der Waals surface area contributed by atoms with Gasteiger partial charge in [-0.1, -0.05) is 18.2 Å². The number of rotatable bonds is 4. The van der Waals surface area contributed by atoms with E-state index in [1.807, 2.05) is 13.0 Å². The molecular weight excluding hydrogens is 310 g/mol. The number of amides is 1. The molecule has 1 aromatic carbocycles. The molecule has 1 N–H and O–H groups in total. The van der Waals surface area contributed by atoms with Crippen LogP contribution in [0.2, 0.25) is 0 Å². The molecule has 0 atom stereocenters. The number of furan rings is 1. The Morgan fingerprint density at radius 2 is 2.04 bits per heavy atom. The van der Waals surface area contributed by atoms with Crippen molar-refractivity contribution in [3.8, 4) is 11.3 Å². The zero-order chi connectivity index (χ0) is 17.1. The minimum Gasteiger partial charge on any atom is -0.451 e. The van der Waals surface area contributed by atoms with E-state index in [0.717, 1.165) is 5.56 Å². The number of nitrogens with one attached hydrogen (secondary N) is 1. The van der Waals surface area contributed by atoms with Gasteiger partial charge in [0.2, 0.25) is 0 Å². The molecule has 0 fully saturated rings. The molecule has 2 heterocycles. The second-order valence-electron chi connectivity index (χ2n) is 5.09. The van der Waals surface area contributed by atoms with Crippen LogP contribution < -0.4 is 5.32 Å². The highest BCUT2D eigenvalue weighted by Gasteiger charge is 2.15. The van der Waals surface area contributed by atoms with Gasteiger partial charge in [0.1, 0.15) is 11.6 Å². The fourth-order valence-corrected chi connectivity index (χ4v) is 2.17. The molecule has 0 unspecified atom stereocenters. The standard InChI is InChI=1S/C17H13N3O4/c1-11-4-3-9-18-16(11)19-17(21)15-8-7-14(24-15)12-5-2-6-13(10-12)20(22)23/h2-10H,1H3,(H,18,19,21). The van der Waals surface area contributed by atoms with E-state index in [1.54, 1.807) is 30.5 Å². The lowest BCUT2D eigenvalue weighted by atomic mass is 10.1. The summed E-state index contributed by atoms with van der Waals surface area (Å²) < 4.78 is 5.52. The number of anilines is 1. The van der Waals surface area contributed by atoms with Crippen molar-refractivity contribution in [2.45, 2.75) is 6.92 Å². The van der Waals surface area contributed by atoms with Gasteiger partial charge in [-0.3, -0.25) is 14.9 Å².